The van der Waals surface area contributed by atoms with Crippen molar-refractivity contribution in [1.29, 1.82) is 0 Å². The van der Waals surface area contributed by atoms with Crippen molar-refractivity contribution in [3.8, 4) is 5.75 Å². The maximum absolute atomic E-state index is 12.7. The smallest absolute Gasteiger partial charge is 0.251 e. The number of aliphatic imine (C=N–C) groups is 1. The molecule has 2 atom stereocenters. The van der Waals surface area contributed by atoms with E-state index in [-0.39, 0.29) is 34.6 Å². The number of methoxy groups -OCH3 is 1. The van der Waals surface area contributed by atoms with E-state index >= 15 is 0 Å². The summed E-state index contributed by atoms with van der Waals surface area (Å²) in [4.78, 5) is 19.2. The predicted molar refractivity (Wildman–Crippen MR) is 111 cm³/mol. The Morgan fingerprint density at radius 3 is 2.79 bits per heavy atom. The van der Waals surface area contributed by atoms with Crippen LogP contribution in [-0.4, -0.2) is 54.3 Å². The van der Waals surface area contributed by atoms with Crippen molar-refractivity contribution in [2.75, 3.05) is 18.6 Å². The molecule has 2 saturated heterocycles. The summed E-state index contributed by atoms with van der Waals surface area (Å²) in [5.74, 6) is 1.03. The first-order valence-corrected chi connectivity index (χ1v) is 12.5. The van der Waals surface area contributed by atoms with Gasteiger partial charge < -0.3 is 9.64 Å². The number of fused-ring (bicyclic) bond motifs is 1. The molecule has 2 heterocycles. The van der Waals surface area contributed by atoms with Gasteiger partial charge in [0.25, 0.3) is 5.91 Å². The number of thioether (sulfide) groups is 1. The molecule has 1 aromatic rings. The van der Waals surface area contributed by atoms with Gasteiger partial charge >= 0.3 is 0 Å². The number of carbonyl (C=O) groups excluding carboxylic acids is 1. The SMILES string of the molecule is COc1cccc(CN2C(=NC(=O)C3CCCCC3)S[C@@H]3CS(=O)(=O)C[C@H]32)c1. The molecule has 152 valence electrons. The summed E-state index contributed by atoms with van der Waals surface area (Å²) in [6.45, 7) is 0.525. The number of sulfone groups is 1. The van der Waals surface area contributed by atoms with Crippen molar-refractivity contribution < 1.29 is 17.9 Å². The molecule has 6 nitrogen and oxygen atoms in total. The summed E-state index contributed by atoms with van der Waals surface area (Å²) in [6, 6.07) is 7.61. The number of rotatable bonds is 4. The Morgan fingerprint density at radius 1 is 1.25 bits per heavy atom. The summed E-state index contributed by atoms with van der Waals surface area (Å²) >= 11 is 1.46. The van der Waals surface area contributed by atoms with E-state index in [0.29, 0.717) is 11.7 Å². The minimum atomic E-state index is -3.04. The van der Waals surface area contributed by atoms with Crippen LogP contribution in [0, 0.1) is 5.92 Å². The van der Waals surface area contributed by atoms with Gasteiger partial charge in [-0.2, -0.15) is 4.99 Å². The maximum atomic E-state index is 12.7. The van der Waals surface area contributed by atoms with Crippen molar-refractivity contribution in [3.05, 3.63) is 29.8 Å². The lowest BCUT2D eigenvalue weighted by atomic mass is 9.89. The Morgan fingerprint density at radius 2 is 2.04 bits per heavy atom. The molecule has 4 rings (SSSR count). The molecule has 0 bridgehead atoms. The van der Waals surface area contributed by atoms with Crippen molar-refractivity contribution in [3.63, 3.8) is 0 Å². The third-order valence-corrected chi connectivity index (χ3v) is 9.07. The molecule has 0 unspecified atom stereocenters. The number of carbonyl (C=O) groups is 1. The Hall–Kier alpha value is -1.54. The molecule has 3 fully saturated rings. The van der Waals surface area contributed by atoms with E-state index in [4.69, 9.17) is 4.74 Å². The van der Waals surface area contributed by atoms with Gasteiger partial charge in [0.05, 0.1) is 24.7 Å². The van der Waals surface area contributed by atoms with Gasteiger partial charge in [-0.1, -0.05) is 43.2 Å². The van der Waals surface area contributed by atoms with Gasteiger partial charge in [0.1, 0.15) is 5.75 Å². The summed E-state index contributed by atoms with van der Waals surface area (Å²) in [5, 5.41) is 0.636. The van der Waals surface area contributed by atoms with Gasteiger partial charge in [0.2, 0.25) is 0 Å². The zero-order valence-corrected chi connectivity index (χ0v) is 17.7. The van der Waals surface area contributed by atoms with Crippen molar-refractivity contribution in [2.24, 2.45) is 10.9 Å². The van der Waals surface area contributed by atoms with E-state index in [1.165, 1.54) is 18.2 Å². The molecule has 0 aromatic heterocycles. The largest absolute Gasteiger partial charge is 0.497 e. The Balaban J connectivity index is 1.59. The molecule has 0 N–H and O–H groups in total. The molecule has 0 spiro atoms. The van der Waals surface area contributed by atoms with Crippen LogP contribution in [0.3, 0.4) is 0 Å². The molecule has 8 heteroatoms. The molecule has 0 radical (unpaired) electrons. The number of hydrogen-bond donors (Lipinski definition) is 0. The Bertz CT molecular complexity index is 878. The van der Waals surface area contributed by atoms with Crippen molar-refractivity contribution in [2.45, 2.75) is 49.9 Å². The number of amides is 1. The summed E-state index contributed by atoms with van der Waals surface area (Å²) in [7, 11) is -1.42. The standard InChI is InChI=1S/C20H26N2O4S2/c1-26-16-9-5-6-14(10-16)11-22-17-12-28(24,25)13-18(17)27-20(22)21-19(23)15-7-3-2-4-8-15/h5-6,9-10,15,17-18H,2-4,7-8,11-13H2,1H3/t17-,18-/m1/s1. The van der Waals surface area contributed by atoms with E-state index < -0.39 is 9.84 Å². The van der Waals surface area contributed by atoms with Crippen LogP contribution in [0.25, 0.3) is 0 Å². The van der Waals surface area contributed by atoms with Crippen molar-refractivity contribution in [1.82, 2.24) is 4.90 Å². The van der Waals surface area contributed by atoms with E-state index in [2.05, 4.69) is 4.99 Å². The lowest BCUT2D eigenvalue weighted by Crippen LogP contribution is -2.37. The number of benzene rings is 1. The number of nitrogens with zero attached hydrogens (tertiary/aromatic N) is 2. The van der Waals surface area contributed by atoms with Gasteiger partial charge in [0, 0.05) is 17.7 Å². The normalized spacial score (nSPS) is 28.5. The van der Waals surface area contributed by atoms with Crippen LogP contribution in [0.4, 0.5) is 0 Å². The molecule has 1 saturated carbocycles. The average molecular weight is 423 g/mol. The first-order chi connectivity index (χ1) is 13.4. The third kappa shape index (κ3) is 4.22. The second-order valence-electron chi connectivity index (χ2n) is 7.85. The van der Waals surface area contributed by atoms with Gasteiger partial charge in [-0.25, -0.2) is 8.42 Å². The van der Waals surface area contributed by atoms with E-state index in [0.717, 1.165) is 37.0 Å². The van der Waals surface area contributed by atoms with Crippen LogP contribution in [0.15, 0.2) is 29.3 Å². The van der Waals surface area contributed by atoms with Gasteiger partial charge in [0.15, 0.2) is 15.0 Å². The first kappa shape index (κ1) is 19.8. The van der Waals surface area contributed by atoms with Crippen LogP contribution in [0.5, 0.6) is 5.75 Å². The fourth-order valence-electron chi connectivity index (χ4n) is 4.32. The monoisotopic (exact) mass is 422 g/mol. The Labute approximate surface area is 170 Å². The highest BCUT2D eigenvalue weighted by molar-refractivity contribution is 8.15. The number of amidine groups is 1. The second-order valence-corrected chi connectivity index (χ2v) is 11.2. The molecule has 1 amide bonds. The van der Waals surface area contributed by atoms with Gasteiger partial charge in [-0.3, -0.25) is 4.79 Å². The molecule has 1 aromatic carbocycles. The minimum absolute atomic E-state index is 0.0182. The van der Waals surface area contributed by atoms with Gasteiger partial charge in [-0.05, 0) is 30.5 Å². The minimum Gasteiger partial charge on any atom is -0.497 e. The molecule has 3 aliphatic rings. The second kappa shape index (κ2) is 8.06. The van der Waals surface area contributed by atoms with E-state index in [1.807, 2.05) is 29.2 Å². The molecule has 2 aliphatic heterocycles. The first-order valence-electron chi connectivity index (χ1n) is 9.84. The van der Waals surface area contributed by atoms with Crippen LogP contribution >= 0.6 is 11.8 Å². The zero-order chi connectivity index (χ0) is 19.7. The predicted octanol–water partition coefficient (Wildman–Crippen LogP) is 2.87. The van der Waals surface area contributed by atoms with Crippen molar-refractivity contribution >= 4 is 32.7 Å². The Kier molecular flexibility index (Phi) is 5.69. The average Bonchev–Trinajstić information content (AvgIpc) is 3.15. The van der Waals surface area contributed by atoms with Crippen LogP contribution in [0.2, 0.25) is 0 Å². The third-order valence-electron chi connectivity index (χ3n) is 5.82. The quantitative estimate of drug-likeness (QED) is 0.743. The highest BCUT2D eigenvalue weighted by Gasteiger charge is 2.48. The maximum Gasteiger partial charge on any atom is 0.251 e. The fraction of sp³-hybridized carbons (Fsp3) is 0.600. The lowest BCUT2D eigenvalue weighted by Gasteiger charge is -2.25. The summed E-state index contributed by atoms with van der Waals surface area (Å²) < 4.78 is 29.6. The topological polar surface area (TPSA) is 76.0 Å². The summed E-state index contributed by atoms with van der Waals surface area (Å²) in [5.41, 5.74) is 1.02. The van der Waals surface area contributed by atoms with Gasteiger partial charge in [-0.15, -0.1) is 0 Å². The number of ether oxygens (including phenoxy) is 1. The van der Waals surface area contributed by atoms with Crippen LogP contribution in [0.1, 0.15) is 37.7 Å². The van der Waals surface area contributed by atoms with E-state index in [9.17, 15) is 13.2 Å². The zero-order valence-electron chi connectivity index (χ0n) is 16.0. The van der Waals surface area contributed by atoms with E-state index in [1.54, 1.807) is 7.11 Å². The lowest BCUT2D eigenvalue weighted by molar-refractivity contribution is -0.122. The molecular weight excluding hydrogens is 396 g/mol. The molecule has 28 heavy (non-hydrogen) atoms. The number of hydrogen-bond acceptors (Lipinski definition) is 5. The highest BCUT2D eigenvalue weighted by Crippen LogP contribution is 2.39. The highest BCUT2D eigenvalue weighted by atomic mass is 32.2. The van der Waals surface area contributed by atoms with Crippen LogP contribution < -0.4 is 4.74 Å². The summed E-state index contributed by atoms with van der Waals surface area (Å²) in [6.07, 6.45) is 5.20. The molecular formula is C20H26N2O4S2. The fourth-order valence-corrected chi connectivity index (χ4v) is 8.28. The molecule has 1 aliphatic carbocycles. The van der Waals surface area contributed by atoms with Crippen LogP contribution in [-0.2, 0) is 21.2 Å².